The van der Waals surface area contributed by atoms with Crippen LogP contribution >= 0.6 is 0 Å². The maximum Gasteiger partial charge on any atom is 0.264 e. The van der Waals surface area contributed by atoms with Crippen LogP contribution in [0.4, 0.5) is 11.4 Å². The number of nitriles is 1. The van der Waals surface area contributed by atoms with Gasteiger partial charge in [0.05, 0.1) is 17.9 Å². The SMILES string of the molecule is C=C(CC)c1cc(C(=O)N(c2ccc(O)cc2)c2cc(C#N)n(C)c2CCOc2cccc3c2CCNC3)c(C)n1C. The molecule has 5 rings (SSSR count). The van der Waals surface area contributed by atoms with Gasteiger partial charge in [0.25, 0.3) is 5.91 Å². The number of nitrogens with zero attached hydrogens (tertiary/aromatic N) is 4. The summed E-state index contributed by atoms with van der Waals surface area (Å²) in [6.45, 7) is 10.3. The Balaban J connectivity index is 1.55. The maximum atomic E-state index is 14.4. The number of hydrogen-bond donors (Lipinski definition) is 2. The molecule has 2 aromatic heterocycles. The highest BCUT2D eigenvalue weighted by Gasteiger charge is 2.29. The van der Waals surface area contributed by atoms with E-state index in [1.165, 1.54) is 11.1 Å². The molecule has 0 unspecified atom stereocenters. The number of carbonyl (C=O) groups excluding carboxylic acids is 1. The van der Waals surface area contributed by atoms with Crippen molar-refractivity contribution >= 4 is 22.9 Å². The van der Waals surface area contributed by atoms with Gasteiger partial charge in [-0.1, -0.05) is 25.6 Å². The van der Waals surface area contributed by atoms with Gasteiger partial charge in [0.1, 0.15) is 23.3 Å². The summed E-state index contributed by atoms with van der Waals surface area (Å²) in [6.07, 6.45) is 2.15. The Morgan fingerprint density at radius 3 is 2.64 bits per heavy atom. The van der Waals surface area contributed by atoms with E-state index in [2.05, 4.69) is 24.0 Å². The van der Waals surface area contributed by atoms with Crippen molar-refractivity contribution in [3.8, 4) is 17.6 Å². The lowest BCUT2D eigenvalue weighted by molar-refractivity contribution is 0.0998. The second-order valence-electron chi connectivity index (χ2n) is 10.7. The number of rotatable bonds is 9. The van der Waals surface area contributed by atoms with Crippen LogP contribution in [0.25, 0.3) is 5.57 Å². The lowest BCUT2D eigenvalue weighted by atomic mass is 10.0. The summed E-state index contributed by atoms with van der Waals surface area (Å²) < 4.78 is 10.1. The fourth-order valence-corrected chi connectivity index (χ4v) is 5.64. The van der Waals surface area contributed by atoms with Crippen molar-refractivity contribution in [3.63, 3.8) is 0 Å². The summed E-state index contributed by atoms with van der Waals surface area (Å²) >= 11 is 0. The lowest BCUT2D eigenvalue weighted by Crippen LogP contribution is -2.27. The van der Waals surface area contributed by atoms with Crippen LogP contribution in [-0.4, -0.2) is 33.3 Å². The van der Waals surface area contributed by atoms with Gasteiger partial charge in [0, 0.05) is 49.8 Å². The number of phenolic OH excluding ortho intramolecular Hbond substituents is 1. The Morgan fingerprint density at radius 1 is 1.17 bits per heavy atom. The minimum atomic E-state index is -0.231. The first-order valence-corrected chi connectivity index (χ1v) is 14.3. The third-order valence-corrected chi connectivity index (χ3v) is 8.25. The number of nitrogens with one attached hydrogen (secondary N) is 1. The molecule has 2 N–H and O–H groups in total. The van der Waals surface area contributed by atoms with Crippen molar-refractivity contribution in [1.82, 2.24) is 14.5 Å². The first-order chi connectivity index (χ1) is 20.2. The van der Waals surface area contributed by atoms with Crippen LogP contribution < -0.4 is 15.0 Å². The van der Waals surface area contributed by atoms with Gasteiger partial charge in [0.2, 0.25) is 0 Å². The maximum absolute atomic E-state index is 14.4. The van der Waals surface area contributed by atoms with E-state index in [1.54, 1.807) is 35.2 Å². The third kappa shape index (κ3) is 5.31. The molecule has 0 spiro atoms. The zero-order chi connectivity index (χ0) is 30.0. The highest BCUT2D eigenvalue weighted by Crippen LogP contribution is 2.36. The second-order valence-corrected chi connectivity index (χ2v) is 10.7. The van der Waals surface area contributed by atoms with Gasteiger partial charge in [0.15, 0.2) is 0 Å². The summed E-state index contributed by atoms with van der Waals surface area (Å²) in [5.41, 5.74) is 8.11. The average molecular weight is 564 g/mol. The van der Waals surface area contributed by atoms with E-state index in [9.17, 15) is 15.2 Å². The molecule has 8 nitrogen and oxygen atoms in total. The molecule has 0 saturated carbocycles. The summed E-state index contributed by atoms with van der Waals surface area (Å²) in [5, 5.41) is 23.4. The number of carbonyl (C=O) groups is 1. The van der Waals surface area contributed by atoms with Gasteiger partial charge < -0.3 is 24.3 Å². The van der Waals surface area contributed by atoms with Crippen LogP contribution in [0.3, 0.4) is 0 Å². The molecule has 1 aliphatic heterocycles. The van der Waals surface area contributed by atoms with Gasteiger partial charge in [-0.3, -0.25) is 9.69 Å². The molecule has 2 aromatic carbocycles. The molecule has 8 heteroatoms. The Labute approximate surface area is 247 Å². The molecule has 1 aliphatic rings. The highest BCUT2D eigenvalue weighted by atomic mass is 16.5. The van der Waals surface area contributed by atoms with Gasteiger partial charge in [-0.05, 0) is 85.5 Å². The number of ether oxygens (including phenoxy) is 1. The number of fused-ring (bicyclic) bond motifs is 1. The van der Waals surface area contributed by atoms with Gasteiger partial charge in [-0.2, -0.15) is 5.26 Å². The number of hydrogen-bond acceptors (Lipinski definition) is 5. The predicted octanol–water partition coefficient (Wildman–Crippen LogP) is 5.92. The molecular formula is C34H37N5O3. The number of anilines is 2. The van der Waals surface area contributed by atoms with E-state index in [1.807, 2.05) is 55.3 Å². The summed E-state index contributed by atoms with van der Waals surface area (Å²) in [5.74, 6) is 0.746. The first kappa shape index (κ1) is 28.8. The number of phenols is 1. The minimum Gasteiger partial charge on any atom is -0.508 e. The Bertz CT molecular complexity index is 1690. The van der Waals surface area contributed by atoms with E-state index in [4.69, 9.17) is 4.74 Å². The van der Waals surface area contributed by atoms with Crippen LogP contribution in [-0.2, 0) is 33.5 Å². The smallest absolute Gasteiger partial charge is 0.264 e. The van der Waals surface area contributed by atoms with Crippen molar-refractivity contribution in [3.05, 3.63) is 101 Å². The van der Waals surface area contributed by atoms with Crippen LogP contribution in [0.1, 0.15) is 57.6 Å². The van der Waals surface area contributed by atoms with Gasteiger partial charge >= 0.3 is 0 Å². The molecule has 0 bridgehead atoms. The Morgan fingerprint density at radius 2 is 1.93 bits per heavy atom. The summed E-state index contributed by atoms with van der Waals surface area (Å²) in [6, 6.07) is 18.6. The fraction of sp³-hybridized carbons (Fsp3) is 0.294. The first-order valence-electron chi connectivity index (χ1n) is 14.3. The van der Waals surface area contributed by atoms with Crippen molar-refractivity contribution < 1.29 is 14.6 Å². The predicted molar refractivity (Wildman–Crippen MR) is 165 cm³/mol. The largest absolute Gasteiger partial charge is 0.508 e. The van der Waals surface area contributed by atoms with Crippen LogP contribution in [0.2, 0.25) is 0 Å². The summed E-state index contributed by atoms with van der Waals surface area (Å²) in [4.78, 5) is 16.1. The van der Waals surface area contributed by atoms with Crippen LogP contribution in [0.5, 0.6) is 11.5 Å². The Kier molecular flexibility index (Phi) is 8.23. The van der Waals surface area contributed by atoms with Gasteiger partial charge in [-0.15, -0.1) is 0 Å². The number of aromatic hydroxyl groups is 1. The van der Waals surface area contributed by atoms with Crippen molar-refractivity contribution in [1.29, 1.82) is 5.26 Å². The molecule has 0 atom stereocenters. The molecular weight excluding hydrogens is 526 g/mol. The quantitative estimate of drug-likeness (QED) is 0.264. The zero-order valence-electron chi connectivity index (χ0n) is 24.7. The van der Waals surface area contributed by atoms with Crippen molar-refractivity contribution in [2.75, 3.05) is 18.1 Å². The monoisotopic (exact) mass is 563 g/mol. The fourth-order valence-electron chi connectivity index (χ4n) is 5.64. The third-order valence-electron chi connectivity index (χ3n) is 8.25. The standard InChI is InChI=1S/C34H37N5O3/c1-6-22(2)31-19-29(23(3)37(31)4)34(41)39(25-10-12-27(40)13-11-25)32-18-26(20-35)38(5)30(32)15-17-42-33-9-7-8-24-21-36-16-14-28(24)33/h7-13,18-19,36,40H,2,6,14-17,21H2,1,3-5H3. The van der Waals surface area contributed by atoms with Crippen LogP contribution in [0, 0.1) is 18.3 Å². The number of allylic oxidation sites excluding steroid dienone is 1. The van der Waals surface area contributed by atoms with Crippen molar-refractivity contribution in [2.24, 2.45) is 14.1 Å². The average Bonchev–Trinajstić information content (AvgIpc) is 3.48. The topological polar surface area (TPSA) is 95.5 Å². The molecule has 42 heavy (non-hydrogen) atoms. The number of aromatic nitrogens is 2. The number of benzene rings is 2. The Hall–Kier alpha value is -4.74. The summed E-state index contributed by atoms with van der Waals surface area (Å²) in [7, 11) is 3.77. The molecule has 0 aliphatic carbocycles. The van der Waals surface area contributed by atoms with E-state index >= 15 is 0 Å². The van der Waals surface area contributed by atoms with Gasteiger partial charge in [-0.25, -0.2) is 0 Å². The molecule has 0 radical (unpaired) electrons. The number of amides is 1. The van der Waals surface area contributed by atoms with E-state index < -0.39 is 0 Å². The van der Waals surface area contributed by atoms with E-state index in [0.717, 1.165) is 54.3 Å². The van der Waals surface area contributed by atoms with E-state index in [0.29, 0.717) is 35.7 Å². The molecule has 4 aromatic rings. The van der Waals surface area contributed by atoms with E-state index in [-0.39, 0.29) is 11.7 Å². The molecule has 0 fully saturated rings. The minimum absolute atomic E-state index is 0.101. The molecule has 0 saturated heterocycles. The van der Waals surface area contributed by atoms with Crippen molar-refractivity contribution in [2.45, 2.75) is 39.7 Å². The van der Waals surface area contributed by atoms with Crippen LogP contribution in [0.15, 0.2) is 61.2 Å². The lowest BCUT2D eigenvalue weighted by Gasteiger charge is -2.24. The molecule has 3 heterocycles. The molecule has 216 valence electrons. The molecule has 1 amide bonds. The zero-order valence-corrected chi connectivity index (χ0v) is 24.7. The highest BCUT2D eigenvalue weighted by molar-refractivity contribution is 6.12. The normalized spacial score (nSPS) is 12.5. The second kappa shape index (κ2) is 12.0.